The van der Waals surface area contributed by atoms with Gasteiger partial charge < -0.3 is 10.6 Å². The first-order valence-electron chi connectivity index (χ1n) is 6.18. The lowest BCUT2D eigenvalue weighted by Crippen LogP contribution is -2.35. The Labute approximate surface area is 124 Å². The molecule has 0 radical (unpaired) electrons. The van der Waals surface area contributed by atoms with E-state index in [0.717, 1.165) is 0 Å². The maximum atomic E-state index is 12.2. The van der Waals surface area contributed by atoms with Crippen molar-refractivity contribution in [2.24, 2.45) is 5.73 Å². The molecule has 2 aliphatic heterocycles. The number of fused-ring (bicyclic) bond motifs is 2. The topological polar surface area (TPSA) is 139 Å². The van der Waals surface area contributed by atoms with Crippen molar-refractivity contribution in [2.75, 3.05) is 6.54 Å². The maximum absolute atomic E-state index is 12.2. The Bertz CT molecular complexity index is 661. The molecule has 2 bridgehead atoms. The van der Waals surface area contributed by atoms with Gasteiger partial charge in [-0.15, -0.1) is 14.5 Å². The molecule has 2 amide bonds. The van der Waals surface area contributed by atoms with E-state index >= 15 is 0 Å². The third-order valence-electron chi connectivity index (χ3n) is 3.44. The van der Waals surface area contributed by atoms with E-state index in [1.807, 2.05) is 0 Å². The van der Waals surface area contributed by atoms with Crippen molar-refractivity contribution in [2.45, 2.75) is 31.5 Å². The Morgan fingerprint density at radius 3 is 2.81 bits per heavy atom. The van der Waals surface area contributed by atoms with Crippen LogP contribution < -0.4 is 5.73 Å². The molecule has 2 saturated heterocycles. The minimum absolute atomic E-state index is 0.276. The zero-order chi connectivity index (χ0) is 15.2. The average Bonchev–Trinajstić information content (AvgIpc) is 2.98. The summed E-state index contributed by atoms with van der Waals surface area (Å²) in [7, 11) is -4.72. The van der Waals surface area contributed by atoms with Crippen molar-refractivity contribution in [3.63, 3.8) is 0 Å². The van der Waals surface area contributed by atoms with Crippen molar-refractivity contribution in [3.05, 3.63) is 10.0 Å². The number of nitrogens with two attached hydrogens (primary N) is 1. The van der Waals surface area contributed by atoms with E-state index in [9.17, 15) is 13.2 Å². The highest BCUT2D eigenvalue weighted by molar-refractivity contribution is 7.80. The molecule has 116 valence electrons. The number of hydroxylamine groups is 2. The molecule has 0 saturated carbocycles. The van der Waals surface area contributed by atoms with Gasteiger partial charge in [-0.05, 0) is 12.8 Å². The fourth-order valence-electron chi connectivity index (χ4n) is 2.57. The molecule has 2 aliphatic rings. The minimum Gasteiger partial charge on any atom is -0.324 e. The summed E-state index contributed by atoms with van der Waals surface area (Å²) in [4.78, 5) is 13.7. The largest absolute Gasteiger partial charge is 0.418 e. The smallest absolute Gasteiger partial charge is 0.324 e. The highest BCUT2D eigenvalue weighted by Gasteiger charge is 2.48. The van der Waals surface area contributed by atoms with Gasteiger partial charge in [0.1, 0.15) is 10.0 Å². The molecule has 10 nitrogen and oxygen atoms in total. The number of rotatable bonds is 4. The number of hydrogen-bond acceptors (Lipinski definition) is 8. The van der Waals surface area contributed by atoms with Crippen LogP contribution >= 0.6 is 11.3 Å². The monoisotopic (exact) mass is 335 g/mol. The molecule has 2 unspecified atom stereocenters. The number of urea groups is 1. The summed E-state index contributed by atoms with van der Waals surface area (Å²) in [5.74, 6) is 0. The third kappa shape index (κ3) is 2.72. The molecule has 3 heterocycles. The second kappa shape index (κ2) is 5.14. The summed E-state index contributed by atoms with van der Waals surface area (Å²) in [6.45, 7) is 0.593. The van der Waals surface area contributed by atoms with Crippen LogP contribution in [0.3, 0.4) is 0 Å². The van der Waals surface area contributed by atoms with Gasteiger partial charge >= 0.3 is 16.4 Å². The summed E-state index contributed by atoms with van der Waals surface area (Å²) < 4.78 is 34.7. The van der Waals surface area contributed by atoms with E-state index in [1.165, 1.54) is 16.2 Å². The molecule has 3 rings (SSSR count). The van der Waals surface area contributed by atoms with Gasteiger partial charge in [0.25, 0.3) is 0 Å². The Hall–Kier alpha value is -1.34. The highest BCUT2D eigenvalue weighted by Crippen LogP contribution is 2.39. The number of piperidine rings is 1. The molecular weight excluding hydrogens is 322 g/mol. The van der Waals surface area contributed by atoms with E-state index in [0.29, 0.717) is 34.5 Å². The second-order valence-electron chi connectivity index (χ2n) is 4.75. The quantitative estimate of drug-likeness (QED) is 0.713. The summed E-state index contributed by atoms with van der Waals surface area (Å²) in [6, 6.07) is -1.29. The Balaban J connectivity index is 1.82. The summed E-state index contributed by atoms with van der Waals surface area (Å²) in [6.07, 6.45) is 1.15. The van der Waals surface area contributed by atoms with Crippen LogP contribution in [0.5, 0.6) is 0 Å². The fourth-order valence-corrected chi connectivity index (χ4v) is 3.83. The van der Waals surface area contributed by atoms with E-state index in [-0.39, 0.29) is 12.6 Å². The first-order chi connectivity index (χ1) is 9.89. The van der Waals surface area contributed by atoms with Crippen LogP contribution in [0, 0.1) is 0 Å². The normalized spacial score (nSPS) is 25.7. The summed E-state index contributed by atoms with van der Waals surface area (Å²) in [5.41, 5.74) is 5.49. The molecule has 1 aromatic heterocycles. The molecular formula is C9H13N5O5S2. The lowest BCUT2D eigenvalue weighted by atomic mass is 10.0. The van der Waals surface area contributed by atoms with Crippen LogP contribution in [0.15, 0.2) is 0 Å². The van der Waals surface area contributed by atoms with Gasteiger partial charge in [0.15, 0.2) is 0 Å². The number of nitrogens with zero attached hydrogens (tertiary/aromatic N) is 4. The van der Waals surface area contributed by atoms with Gasteiger partial charge in [-0.25, -0.2) is 4.79 Å². The number of amides is 2. The highest BCUT2D eigenvalue weighted by atomic mass is 32.3. The molecule has 12 heteroatoms. The molecule has 3 N–H and O–H groups in total. The maximum Gasteiger partial charge on any atom is 0.418 e. The van der Waals surface area contributed by atoms with Crippen molar-refractivity contribution in [1.82, 2.24) is 20.2 Å². The summed E-state index contributed by atoms with van der Waals surface area (Å²) >= 11 is 1.33. The minimum atomic E-state index is -4.72. The fraction of sp³-hybridized carbons (Fsp3) is 0.667. The number of carbonyl (C=O) groups excluding carboxylic acids is 1. The van der Waals surface area contributed by atoms with E-state index < -0.39 is 22.5 Å². The van der Waals surface area contributed by atoms with Gasteiger partial charge in [0.2, 0.25) is 0 Å². The molecule has 21 heavy (non-hydrogen) atoms. The SMILES string of the molecule is NCc1nnc(C2CCC3CN2C(=O)N3OS(=O)(=O)O)s1. The predicted octanol–water partition coefficient (Wildman–Crippen LogP) is -0.328. The van der Waals surface area contributed by atoms with E-state index in [2.05, 4.69) is 14.5 Å². The zero-order valence-electron chi connectivity index (χ0n) is 10.7. The van der Waals surface area contributed by atoms with Crippen LogP contribution in [0.1, 0.15) is 28.9 Å². The van der Waals surface area contributed by atoms with Crippen molar-refractivity contribution >= 4 is 27.8 Å². The van der Waals surface area contributed by atoms with Crippen LogP contribution in [0.2, 0.25) is 0 Å². The van der Waals surface area contributed by atoms with Crippen LogP contribution in [0.25, 0.3) is 0 Å². The van der Waals surface area contributed by atoms with Crippen molar-refractivity contribution < 1.29 is 22.0 Å². The Kier molecular flexibility index (Phi) is 3.57. The Morgan fingerprint density at radius 1 is 1.43 bits per heavy atom. The standard InChI is InChI=1S/C9H13N5O5S2/c10-3-7-11-12-8(20-7)6-2-1-5-4-13(6)9(15)14(5)19-21(16,17)18/h5-6H,1-4,10H2,(H,16,17,18). The second-order valence-corrected chi connectivity index (χ2v) is 6.85. The van der Waals surface area contributed by atoms with Gasteiger partial charge in [0.05, 0.1) is 12.1 Å². The molecule has 1 aromatic rings. The first-order valence-corrected chi connectivity index (χ1v) is 8.36. The van der Waals surface area contributed by atoms with E-state index in [1.54, 1.807) is 0 Å². The Morgan fingerprint density at radius 2 is 2.19 bits per heavy atom. The van der Waals surface area contributed by atoms with E-state index in [4.69, 9.17) is 10.3 Å². The van der Waals surface area contributed by atoms with Crippen molar-refractivity contribution in [1.29, 1.82) is 0 Å². The summed E-state index contributed by atoms with van der Waals surface area (Å²) in [5, 5.41) is 9.99. The van der Waals surface area contributed by atoms with Crippen molar-refractivity contribution in [3.8, 4) is 0 Å². The number of aromatic nitrogens is 2. The lowest BCUT2D eigenvalue weighted by molar-refractivity contribution is -0.0317. The van der Waals surface area contributed by atoms with Gasteiger partial charge in [0, 0.05) is 13.1 Å². The molecule has 0 aliphatic carbocycles. The lowest BCUT2D eigenvalue weighted by Gasteiger charge is -2.28. The predicted molar refractivity (Wildman–Crippen MR) is 70.1 cm³/mol. The van der Waals surface area contributed by atoms with Crippen LogP contribution in [-0.2, 0) is 21.2 Å². The zero-order valence-corrected chi connectivity index (χ0v) is 12.4. The molecule has 0 spiro atoms. The molecule has 0 aromatic carbocycles. The van der Waals surface area contributed by atoms with Gasteiger partial charge in [-0.1, -0.05) is 11.3 Å². The molecule has 2 fully saturated rings. The van der Waals surface area contributed by atoms with Gasteiger partial charge in [-0.3, -0.25) is 4.55 Å². The molecule has 2 atom stereocenters. The number of hydrogen-bond donors (Lipinski definition) is 2. The van der Waals surface area contributed by atoms with Crippen LogP contribution in [0.4, 0.5) is 4.79 Å². The van der Waals surface area contributed by atoms with Crippen LogP contribution in [-0.4, -0.2) is 51.7 Å². The van der Waals surface area contributed by atoms with Gasteiger partial charge in [-0.2, -0.15) is 13.5 Å². The number of carbonyl (C=O) groups is 1. The average molecular weight is 335 g/mol. The third-order valence-corrected chi connectivity index (χ3v) is 4.84. The first kappa shape index (κ1) is 14.6.